The Morgan fingerprint density at radius 1 is 0.882 bits per heavy atom. The maximum absolute atomic E-state index is 10.9. The fourth-order valence-electron chi connectivity index (χ4n) is 4.75. The molecule has 4 heteroatoms. The van der Waals surface area contributed by atoms with Crippen LogP contribution in [0.25, 0.3) is 34.6 Å². The molecule has 1 saturated carbocycles. The third-order valence-electron chi connectivity index (χ3n) is 6.60. The summed E-state index contributed by atoms with van der Waals surface area (Å²) in [6.07, 6.45) is 9.54. The van der Waals surface area contributed by atoms with Crippen LogP contribution in [0.1, 0.15) is 62.6 Å². The standard InChI is InChI=1S/C30H32N2O2/c1-21(2)34-26-15-11-24(12-16-26)29-31-27-17-10-23(20-28(27)32-29)7-6-22-8-13-25(14-9-22)30(33)18-4-3-5-19-30/h6-17,20-21,33H,3-5,18-19H2,1-2H3,(H,31,32)/b7-6-. The van der Waals surface area contributed by atoms with Crippen LogP contribution in [0.15, 0.2) is 66.7 Å². The Morgan fingerprint density at radius 2 is 1.56 bits per heavy atom. The van der Waals surface area contributed by atoms with Crippen LogP contribution in [0, 0.1) is 0 Å². The lowest BCUT2D eigenvalue weighted by atomic mass is 9.79. The SMILES string of the molecule is CC(C)Oc1ccc(-c2nc3cc(/C=C\c4ccc(C5(O)CCCCC5)cc4)ccc3[nH]2)cc1. The van der Waals surface area contributed by atoms with E-state index in [1.807, 2.05) is 38.1 Å². The van der Waals surface area contributed by atoms with Gasteiger partial charge in [0.2, 0.25) is 0 Å². The van der Waals surface area contributed by atoms with Crippen molar-refractivity contribution in [3.05, 3.63) is 83.4 Å². The first-order valence-corrected chi connectivity index (χ1v) is 12.3. The molecule has 34 heavy (non-hydrogen) atoms. The van der Waals surface area contributed by atoms with Crippen molar-refractivity contribution in [2.45, 2.75) is 57.7 Å². The van der Waals surface area contributed by atoms with Gasteiger partial charge in [0.15, 0.2) is 0 Å². The van der Waals surface area contributed by atoms with Gasteiger partial charge in [-0.2, -0.15) is 0 Å². The predicted octanol–water partition coefficient (Wildman–Crippen LogP) is 7.34. The summed E-state index contributed by atoms with van der Waals surface area (Å²) in [6.45, 7) is 4.05. The summed E-state index contributed by atoms with van der Waals surface area (Å²) in [6, 6.07) is 22.6. The van der Waals surface area contributed by atoms with E-state index in [0.717, 1.165) is 70.5 Å². The molecule has 4 nitrogen and oxygen atoms in total. The first kappa shape index (κ1) is 22.4. The molecule has 0 unspecified atom stereocenters. The van der Waals surface area contributed by atoms with E-state index in [9.17, 15) is 5.11 Å². The zero-order chi connectivity index (χ0) is 23.5. The summed E-state index contributed by atoms with van der Waals surface area (Å²) in [4.78, 5) is 8.22. The van der Waals surface area contributed by atoms with Gasteiger partial charge in [0.25, 0.3) is 0 Å². The van der Waals surface area contributed by atoms with Crippen LogP contribution in [0.2, 0.25) is 0 Å². The third-order valence-corrected chi connectivity index (χ3v) is 6.60. The van der Waals surface area contributed by atoms with Crippen LogP contribution in [0.4, 0.5) is 0 Å². The molecule has 0 aliphatic heterocycles. The molecular weight excluding hydrogens is 420 g/mol. The van der Waals surface area contributed by atoms with E-state index in [2.05, 4.69) is 59.6 Å². The van der Waals surface area contributed by atoms with E-state index in [-0.39, 0.29) is 6.10 Å². The monoisotopic (exact) mass is 452 g/mol. The van der Waals surface area contributed by atoms with E-state index in [1.54, 1.807) is 0 Å². The highest BCUT2D eigenvalue weighted by molar-refractivity contribution is 5.83. The zero-order valence-electron chi connectivity index (χ0n) is 19.9. The van der Waals surface area contributed by atoms with Crippen molar-refractivity contribution in [2.75, 3.05) is 0 Å². The summed E-state index contributed by atoms with van der Waals surface area (Å²) in [5.41, 5.74) is 5.60. The zero-order valence-corrected chi connectivity index (χ0v) is 19.9. The number of hydrogen-bond donors (Lipinski definition) is 2. The molecule has 0 atom stereocenters. The molecule has 5 rings (SSSR count). The highest BCUT2D eigenvalue weighted by atomic mass is 16.5. The van der Waals surface area contributed by atoms with Crippen LogP contribution in [0.5, 0.6) is 5.75 Å². The minimum Gasteiger partial charge on any atom is -0.491 e. The smallest absolute Gasteiger partial charge is 0.138 e. The Balaban J connectivity index is 1.31. The number of aliphatic hydroxyl groups is 1. The van der Waals surface area contributed by atoms with Crippen LogP contribution >= 0.6 is 0 Å². The lowest BCUT2D eigenvalue weighted by molar-refractivity contribution is -0.000626. The highest BCUT2D eigenvalue weighted by Gasteiger charge is 2.30. The minimum absolute atomic E-state index is 0.157. The molecule has 174 valence electrons. The predicted molar refractivity (Wildman–Crippen MR) is 140 cm³/mol. The van der Waals surface area contributed by atoms with Gasteiger partial charge < -0.3 is 14.8 Å². The second-order valence-corrected chi connectivity index (χ2v) is 9.60. The highest BCUT2D eigenvalue weighted by Crippen LogP contribution is 2.37. The van der Waals surface area contributed by atoms with E-state index < -0.39 is 5.60 Å². The molecule has 1 aromatic heterocycles. The van der Waals surface area contributed by atoms with Crippen molar-refractivity contribution in [1.82, 2.24) is 9.97 Å². The Morgan fingerprint density at radius 3 is 2.26 bits per heavy atom. The second kappa shape index (κ2) is 9.47. The van der Waals surface area contributed by atoms with E-state index >= 15 is 0 Å². The first-order valence-electron chi connectivity index (χ1n) is 12.3. The van der Waals surface area contributed by atoms with Gasteiger partial charge in [0.05, 0.1) is 22.7 Å². The fraction of sp³-hybridized carbons (Fsp3) is 0.300. The van der Waals surface area contributed by atoms with Gasteiger partial charge >= 0.3 is 0 Å². The summed E-state index contributed by atoms with van der Waals surface area (Å²) in [5, 5.41) is 10.9. The molecule has 0 spiro atoms. The van der Waals surface area contributed by atoms with Crippen molar-refractivity contribution >= 4 is 23.2 Å². The lowest BCUT2D eigenvalue weighted by Crippen LogP contribution is -2.28. The molecule has 3 aromatic carbocycles. The number of hydrogen-bond acceptors (Lipinski definition) is 3. The summed E-state index contributed by atoms with van der Waals surface area (Å²) in [5.74, 6) is 1.71. The van der Waals surface area contributed by atoms with Gasteiger partial charge in [-0.15, -0.1) is 0 Å². The van der Waals surface area contributed by atoms with Gasteiger partial charge in [0, 0.05) is 5.56 Å². The van der Waals surface area contributed by atoms with Crippen molar-refractivity contribution in [3.63, 3.8) is 0 Å². The maximum atomic E-state index is 10.9. The topological polar surface area (TPSA) is 58.1 Å². The molecular formula is C30H32N2O2. The number of nitrogens with one attached hydrogen (secondary N) is 1. The normalized spacial score (nSPS) is 15.9. The van der Waals surface area contributed by atoms with Gasteiger partial charge in [-0.05, 0) is 79.8 Å². The Hall–Kier alpha value is -3.37. The summed E-state index contributed by atoms with van der Waals surface area (Å²) < 4.78 is 5.73. The molecule has 4 aromatic rings. The first-order chi connectivity index (χ1) is 16.5. The minimum atomic E-state index is -0.648. The summed E-state index contributed by atoms with van der Waals surface area (Å²) in [7, 11) is 0. The maximum Gasteiger partial charge on any atom is 0.138 e. The number of H-pyrrole nitrogens is 1. The Kier molecular flexibility index (Phi) is 6.25. The molecule has 1 fully saturated rings. The lowest BCUT2D eigenvalue weighted by Gasteiger charge is -2.32. The van der Waals surface area contributed by atoms with Crippen molar-refractivity contribution in [1.29, 1.82) is 0 Å². The molecule has 1 aliphatic carbocycles. The van der Waals surface area contributed by atoms with E-state index in [0.29, 0.717) is 0 Å². The average Bonchev–Trinajstić information content (AvgIpc) is 3.27. The Labute approximate surface area is 201 Å². The largest absolute Gasteiger partial charge is 0.491 e. The number of rotatable bonds is 6. The second-order valence-electron chi connectivity index (χ2n) is 9.60. The molecule has 1 aliphatic rings. The number of ether oxygens (including phenoxy) is 1. The van der Waals surface area contributed by atoms with Crippen LogP contribution in [0.3, 0.4) is 0 Å². The number of benzene rings is 3. The number of nitrogens with zero attached hydrogens (tertiary/aromatic N) is 1. The summed E-state index contributed by atoms with van der Waals surface area (Å²) >= 11 is 0. The van der Waals surface area contributed by atoms with E-state index in [1.165, 1.54) is 6.42 Å². The van der Waals surface area contributed by atoms with Gasteiger partial charge in [-0.25, -0.2) is 4.98 Å². The molecule has 0 amide bonds. The number of imidazole rings is 1. The molecule has 1 heterocycles. The number of aromatic amines is 1. The fourth-order valence-corrected chi connectivity index (χ4v) is 4.75. The Bertz CT molecular complexity index is 1280. The van der Waals surface area contributed by atoms with Gasteiger partial charge in [-0.1, -0.05) is 61.7 Å². The third kappa shape index (κ3) is 4.92. The average molecular weight is 453 g/mol. The van der Waals surface area contributed by atoms with Crippen LogP contribution < -0.4 is 4.74 Å². The van der Waals surface area contributed by atoms with Crippen molar-refractivity contribution in [3.8, 4) is 17.1 Å². The van der Waals surface area contributed by atoms with Gasteiger partial charge in [-0.3, -0.25) is 0 Å². The number of aromatic nitrogens is 2. The van der Waals surface area contributed by atoms with E-state index in [4.69, 9.17) is 9.72 Å². The molecule has 0 radical (unpaired) electrons. The van der Waals surface area contributed by atoms with Crippen LogP contribution in [-0.4, -0.2) is 21.2 Å². The molecule has 0 saturated heterocycles. The van der Waals surface area contributed by atoms with Gasteiger partial charge in [0.1, 0.15) is 11.6 Å². The van der Waals surface area contributed by atoms with Crippen molar-refractivity contribution < 1.29 is 9.84 Å². The van der Waals surface area contributed by atoms with Crippen LogP contribution in [-0.2, 0) is 5.60 Å². The van der Waals surface area contributed by atoms with Crippen molar-refractivity contribution in [2.24, 2.45) is 0 Å². The molecule has 0 bridgehead atoms. The quantitative estimate of drug-likeness (QED) is 0.301. The molecule has 2 N–H and O–H groups in total. The number of fused-ring (bicyclic) bond motifs is 1.